The third-order valence-corrected chi connectivity index (χ3v) is 5.45. The van der Waals surface area contributed by atoms with Crippen molar-refractivity contribution in [2.45, 2.75) is 37.6 Å². The molecule has 1 aliphatic heterocycles. The van der Waals surface area contributed by atoms with E-state index < -0.39 is 0 Å². The Bertz CT molecular complexity index is 824. The van der Waals surface area contributed by atoms with Gasteiger partial charge in [0.05, 0.1) is 23.4 Å². The number of hydrogen-bond acceptors (Lipinski definition) is 5. The largest absolute Gasteiger partial charge is 0.494 e. The molecule has 0 N–H and O–H groups in total. The van der Waals surface area contributed by atoms with Crippen LogP contribution in [0.3, 0.4) is 0 Å². The summed E-state index contributed by atoms with van der Waals surface area (Å²) in [7, 11) is 0. The van der Waals surface area contributed by atoms with Crippen LogP contribution in [0.15, 0.2) is 29.3 Å². The van der Waals surface area contributed by atoms with E-state index in [4.69, 9.17) is 4.74 Å². The fourth-order valence-corrected chi connectivity index (χ4v) is 3.98. The average Bonchev–Trinajstić information content (AvgIpc) is 2.95. The average molecular weight is 369 g/mol. The second-order valence-corrected chi connectivity index (χ2v) is 7.29. The van der Waals surface area contributed by atoms with Crippen molar-refractivity contribution in [3.8, 4) is 11.8 Å². The summed E-state index contributed by atoms with van der Waals surface area (Å²) in [5.74, 6) is 1.21. The highest BCUT2D eigenvalue weighted by atomic mass is 32.2. The van der Waals surface area contributed by atoms with Crippen LogP contribution in [-0.2, 0) is 4.79 Å². The number of likely N-dealkylation sites (tertiary alicyclic amines) is 1. The van der Waals surface area contributed by atoms with Gasteiger partial charge in [-0.3, -0.25) is 4.79 Å². The number of benzene rings is 1. The molecule has 1 saturated heterocycles. The van der Waals surface area contributed by atoms with Gasteiger partial charge in [0.2, 0.25) is 5.91 Å². The zero-order chi connectivity index (χ0) is 18.4. The molecule has 1 aromatic heterocycles. The molecule has 136 valence electrons. The van der Waals surface area contributed by atoms with Crippen LogP contribution in [-0.4, -0.2) is 41.2 Å². The molecule has 0 unspecified atom stereocenters. The minimum Gasteiger partial charge on any atom is -0.494 e. The Hall–Kier alpha value is -2.26. The summed E-state index contributed by atoms with van der Waals surface area (Å²) in [6.07, 6.45) is 4.55. The molecule has 2 heterocycles. The Morgan fingerprint density at radius 2 is 2.04 bits per heavy atom. The van der Waals surface area contributed by atoms with E-state index in [-0.39, 0.29) is 5.91 Å². The van der Waals surface area contributed by atoms with Crippen molar-refractivity contribution in [2.24, 2.45) is 0 Å². The van der Waals surface area contributed by atoms with Crippen LogP contribution >= 0.6 is 11.8 Å². The number of hydrogen-bond donors (Lipinski definition) is 0. The minimum atomic E-state index is 0.130. The summed E-state index contributed by atoms with van der Waals surface area (Å²) in [5, 5.41) is 10.9. The zero-order valence-electron chi connectivity index (χ0n) is 15.0. The third kappa shape index (κ3) is 4.47. The molecule has 5 nitrogen and oxygen atoms in total. The molecule has 6 heteroatoms. The first-order chi connectivity index (χ1) is 12.7. The zero-order valence-corrected chi connectivity index (χ0v) is 15.8. The number of rotatable bonds is 5. The summed E-state index contributed by atoms with van der Waals surface area (Å²) in [6, 6.07) is 9.69. The lowest BCUT2D eigenvalue weighted by molar-refractivity contribution is -0.128. The molecule has 1 aromatic carbocycles. The molecular formula is C20H23N3O2S. The van der Waals surface area contributed by atoms with Crippen LogP contribution in [0.2, 0.25) is 0 Å². The molecule has 1 fully saturated rings. The maximum atomic E-state index is 12.5. The highest BCUT2D eigenvalue weighted by Crippen LogP contribution is 2.27. The normalized spacial score (nSPS) is 14.7. The van der Waals surface area contributed by atoms with Gasteiger partial charge in [0.25, 0.3) is 0 Å². The van der Waals surface area contributed by atoms with Crippen LogP contribution in [0.1, 0.15) is 38.2 Å². The third-order valence-electron chi connectivity index (χ3n) is 4.48. The summed E-state index contributed by atoms with van der Waals surface area (Å²) in [5.41, 5.74) is 1.29. The first-order valence-corrected chi connectivity index (χ1v) is 10.1. The van der Waals surface area contributed by atoms with Crippen LogP contribution in [0.25, 0.3) is 10.9 Å². The van der Waals surface area contributed by atoms with Crippen molar-refractivity contribution in [2.75, 3.05) is 25.4 Å². The number of nitriles is 1. The van der Waals surface area contributed by atoms with Crippen molar-refractivity contribution in [3.05, 3.63) is 29.8 Å². The lowest BCUT2D eigenvalue weighted by atomic mass is 10.1. The number of amides is 1. The first kappa shape index (κ1) is 18.5. The first-order valence-electron chi connectivity index (χ1n) is 9.09. The molecule has 0 bridgehead atoms. The lowest BCUT2D eigenvalue weighted by Crippen LogP contribution is -2.33. The Morgan fingerprint density at radius 3 is 2.73 bits per heavy atom. The van der Waals surface area contributed by atoms with Gasteiger partial charge in [-0.2, -0.15) is 5.26 Å². The Morgan fingerprint density at radius 1 is 1.27 bits per heavy atom. The van der Waals surface area contributed by atoms with Gasteiger partial charge in [-0.25, -0.2) is 4.98 Å². The molecule has 1 aliphatic rings. The Kier molecular flexibility index (Phi) is 6.35. The molecule has 0 atom stereocenters. The topological polar surface area (TPSA) is 66.2 Å². The van der Waals surface area contributed by atoms with Gasteiger partial charge in [-0.1, -0.05) is 24.6 Å². The van der Waals surface area contributed by atoms with Gasteiger partial charge in [0.15, 0.2) is 0 Å². The van der Waals surface area contributed by atoms with E-state index in [2.05, 4.69) is 11.1 Å². The van der Waals surface area contributed by atoms with E-state index in [1.54, 1.807) is 0 Å². The van der Waals surface area contributed by atoms with Crippen LogP contribution < -0.4 is 4.74 Å². The second kappa shape index (κ2) is 8.91. The number of ether oxygens (including phenoxy) is 1. The van der Waals surface area contributed by atoms with Crippen molar-refractivity contribution in [1.82, 2.24) is 9.88 Å². The predicted octanol–water partition coefficient (Wildman–Crippen LogP) is 4.00. The van der Waals surface area contributed by atoms with E-state index in [0.717, 1.165) is 42.6 Å². The number of nitrogens with zero attached hydrogens (tertiary/aromatic N) is 3. The maximum Gasteiger partial charge on any atom is 0.232 e. The predicted molar refractivity (Wildman–Crippen MR) is 103 cm³/mol. The number of carbonyl (C=O) groups is 1. The highest BCUT2D eigenvalue weighted by molar-refractivity contribution is 8.00. The monoisotopic (exact) mass is 369 g/mol. The second-order valence-electron chi connectivity index (χ2n) is 6.32. The molecular weight excluding hydrogens is 346 g/mol. The quantitative estimate of drug-likeness (QED) is 0.745. The molecule has 26 heavy (non-hydrogen) atoms. The molecule has 0 radical (unpaired) electrons. The molecule has 3 rings (SSSR count). The molecule has 2 aromatic rings. The fourth-order valence-electron chi connectivity index (χ4n) is 3.12. The van der Waals surface area contributed by atoms with Crippen LogP contribution in [0, 0.1) is 11.3 Å². The van der Waals surface area contributed by atoms with Crippen molar-refractivity contribution in [3.63, 3.8) is 0 Å². The van der Waals surface area contributed by atoms with E-state index in [9.17, 15) is 10.1 Å². The SMILES string of the molecule is CCOc1ccc2cc(C#N)c(SCC(=O)N3CCCCCC3)nc2c1. The van der Waals surface area contributed by atoms with Gasteiger partial charge >= 0.3 is 0 Å². The van der Waals surface area contributed by atoms with E-state index in [1.807, 2.05) is 36.1 Å². The molecule has 0 saturated carbocycles. The number of carbonyl (C=O) groups excluding carboxylic acids is 1. The van der Waals surface area contributed by atoms with Crippen molar-refractivity contribution >= 4 is 28.6 Å². The Balaban J connectivity index is 1.77. The lowest BCUT2D eigenvalue weighted by Gasteiger charge is -2.20. The Labute approximate surface area is 158 Å². The van der Waals surface area contributed by atoms with Gasteiger partial charge in [0.1, 0.15) is 16.8 Å². The standard InChI is InChI=1S/C20H23N3O2S/c1-2-25-17-8-7-15-11-16(13-21)20(22-18(15)12-17)26-14-19(24)23-9-5-3-4-6-10-23/h7-8,11-12H,2-6,9-10,14H2,1H3. The van der Waals surface area contributed by atoms with Crippen LogP contribution in [0.5, 0.6) is 5.75 Å². The summed E-state index contributed by atoms with van der Waals surface area (Å²) < 4.78 is 5.53. The number of thioether (sulfide) groups is 1. The molecule has 1 amide bonds. The van der Waals surface area contributed by atoms with Crippen molar-refractivity contribution in [1.29, 1.82) is 5.26 Å². The molecule has 0 aliphatic carbocycles. The van der Waals surface area contributed by atoms with Crippen LogP contribution in [0.4, 0.5) is 0 Å². The van der Waals surface area contributed by atoms with Gasteiger partial charge in [-0.05, 0) is 38.0 Å². The molecule has 0 spiro atoms. The smallest absolute Gasteiger partial charge is 0.232 e. The highest BCUT2D eigenvalue weighted by Gasteiger charge is 2.17. The fraction of sp³-hybridized carbons (Fsp3) is 0.450. The van der Waals surface area contributed by atoms with Crippen molar-refractivity contribution < 1.29 is 9.53 Å². The maximum absolute atomic E-state index is 12.5. The van der Waals surface area contributed by atoms with E-state index >= 15 is 0 Å². The minimum absolute atomic E-state index is 0.130. The van der Waals surface area contributed by atoms with Gasteiger partial charge in [0, 0.05) is 24.5 Å². The summed E-state index contributed by atoms with van der Waals surface area (Å²) in [4.78, 5) is 19.1. The number of aromatic nitrogens is 1. The van der Waals surface area contributed by atoms with Gasteiger partial charge in [-0.15, -0.1) is 0 Å². The summed E-state index contributed by atoms with van der Waals surface area (Å²) in [6.45, 7) is 4.21. The number of fused-ring (bicyclic) bond motifs is 1. The van der Waals surface area contributed by atoms with E-state index in [0.29, 0.717) is 22.9 Å². The summed E-state index contributed by atoms with van der Waals surface area (Å²) >= 11 is 1.35. The van der Waals surface area contributed by atoms with Gasteiger partial charge < -0.3 is 9.64 Å². The number of pyridine rings is 1. The van der Waals surface area contributed by atoms with E-state index in [1.165, 1.54) is 24.6 Å².